The maximum absolute atomic E-state index is 12.2. The smallest absolute Gasteiger partial charge is 0.262 e. The van der Waals surface area contributed by atoms with Gasteiger partial charge >= 0.3 is 0 Å². The molecule has 0 radical (unpaired) electrons. The molecule has 1 aromatic rings. The first-order valence-corrected chi connectivity index (χ1v) is 5.59. The van der Waals surface area contributed by atoms with Gasteiger partial charge < -0.3 is 0 Å². The molecule has 1 fully saturated rings. The van der Waals surface area contributed by atoms with Gasteiger partial charge in [0.15, 0.2) is 0 Å². The zero-order chi connectivity index (χ0) is 12.7. The van der Waals surface area contributed by atoms with Crippen LogP contribution in [-0.2, 0) is 0 Å². The Kier molecular flexibility index (Phi) is 2.37. The van der Waals surface area contributed by atoms with Gasteiger partial charge in [0.2, 0.25) is 0 Å². The van der Waals surface area contributed by atoms with Crippen molar-refractivity contribution in [2.75, 3.05) is 6.54 Å². The summed E-state index contributed by atoms with van der Waals surface area (Å²) in [5, 5.41) is 9.01. The molecule has 0 aromatic heterocycles. The first kappa shape index (κ1) is 10.9. The van der Waals surface area contributed by atoms with Crippen LogP contribution in [0.15, 0.2) is 24.3 Å². The molecule has 2 heterocycles. The zero-order valence-corrected chi connectivity index (χ0v) is 9.38. The summed E-state index contributed by atoms with van der Waals surface area (Å²) in [6.07, 6.45) is -0.609. The van der Waals surface area contributed by atoms with Gasteiger partial charge in [0, 0.05) is 6.54 Å². The van der Waals surface area contributed by atoms with Gasteiger partial charge in [-0.2, -0.15) is 5.26 Å². The van der Waals surface area contributed by atoms with E-state index in [4.69, 9.17) is 5.26 Å². The molecule has 0 spiro atoms. The summed E-state index contributed by atoms with van der Waals surface area (Å²) in [6.45, 7) is 0.411. The Labute approximate surface area is 103 Å². The first-order valence-electron chi connectivity index (χ1n) is 5.59. The normalized spacial score (nSPS) is 26.3. The fraction of sp³-hybridized carbons (Fsp3) is 0.250. The van der Waals surface area contributed by atoms with Gasteiger partial charge in [0.1, 0.15) is 6.17 Å². The number of imide groups is 1. The van der Waals surface area contributed by atoms with Gasteiger partial charge in [-0.05, 0) is 12.1 Å². The van der Waals surface area contributed by atoms with Crippen molar-refractivity contribution in [2.45, 2.75) is 6.17 Å². The fourth-order valence-corrected chi connectivity index (χ4v) is 2.31. The number of nitrogens with zero attached hydrogens (tertiary/aromatic N) is 2. The number of nitriles is 1. The van der Waals surface area contributed by atoms with Crippen LogP contribution in [0, 0.1) is 17.2 Å². The van der Waals surface area contributed by atoms with Gasteiger partial charge in [-0.3, -0.25) is 19.9 Å². The lowest BCUT2D eigenvalue weighted by molar-refractivity contribution is 0.0544. The van der Waals surface area contributed by atoms with E-state index in [1.54, 1.807) is 24.3 Å². The Morgan fingerprint density at radius 3 is 2.39 bits per heavy atom. The lowest BCUT2D eigenvalue weighted by Gasteiger charge is -2.23. The molecule has 90 valence electrons. The van der Waals surface area contributed by atoms with E-state index in [1.807, 2.05) is 0 Å². The van der Waals surface area contributed by atoms with Crippen LogP contribution in [0.5, 0.6) is 0 Å². The Morgan fingerprint density at radius 1 is 1.22 bits per heavy atom. The van der Waals surface area contributed by atoms with E-state index in [-0.39, 0.29) is 11.8 Å². The summed E-state index contributed by atoms with van der Waals surface area (Å²) in [5.41, 5.74) is 6.40. The maximum atomic E-state index is 12.2. The molecule has 6 nitrogen and oxygen atoms in total. The third kappa shape index (κ3) is 1.35. The SMILES string of the molecule is N#CC1CNNC1N1C(=O)c2ccccc2C1=O. The predicted octanol–water partition coefficient (Wildman–Crippen LogP) is -0.144. The number of nitrogens with one attached hydrogen (secondary N) is 2. The topological polar surface area (TPSA) is 85.2 Å². The summed E-state index contributed by atoms with van der Waals surface area (Å²) >= 11 is 0. The van der Waals surface area contributed by atoms with Crippen molar-refractivity contribution in [1.82, 2.24) is 15.8 Å². The number of carbonyl (C=O) groups excluding carboxylic acids is 2. The largest absolute Gasteiger partial charge is 0.269 e. The molecule has 1 aromatic carbocycles. The summed E-state index contributed by atoms with van der Waals surface area (Å²) < 4.78 is 0. The van der Waals surface area contributed by atoms with Crippen molar-refractivity contribution in [3.63, 3.8) is 0 Å². The van der Waals surface area contributed by atoms with Crippen LogP contribution < -0.4 is 10.9 Å². The second-order valence-electron chi connectivity index (χ2n) is 4.23. The Balaban J connectivity index is 2.00. The molecule has 6 heteroatoms. The van der Waals surface area contributed by atoms with Crippen LogP contribution >= 0.6 is 0 Å². The highest BCUT2D eigenvalue weighted by Crippen LogP contribution is 2.26. The lowest BCUT2D eigenvalue weighted by atomic mass is 10.1. The van der Waals surface area contributed by atoms with E-state index >= 15 is 0 Å². The molecule has 3 rings (SSSR count). The van der Waals surface area contributed by atoms with Gasteiger partial charge in [-0.15, -0.1) is 0 Å². The monoisotopic (exact) mass is 242 g/mol. The summed E-state index contributed by atoms with van der Waals surface area (Å²) in [7, 11) is 0. The molecule has 2 unspecified atom stereocenters. The first-order chi connectivity index (χ1) is 8.74. The number of benzene rings is 1. The van der Waals surface area contributed by atoms with E-state index in [0.717, 1.165) is 4.90 Å². The number of hydrazine groups is 1. The summed E-state index contributed by atoms with van der Waals surface area (Å²) in [6, 6.07) is 8.77. The molecule has 2 amide bonds. The number of rotatable bonds is 1. The highest BCUT2D eigenvalue weighted by Gasteiger charge is 2.44. The van der Waals surface area contributed by atoms with Gasteiger partial charge in [0.25, 0.3) is 11.8 Å². The molecule has 18 heavy (non-hydrogen) atoms. The van der Waals surface area contributed by atoms with E-state index in [0.29, 0.717) is 17.7 Å². The van der Waals surface area contributed by atoms with Crippen LogP contribution in [0.1, 0.15) is 20.7 Å². The molecule has 0 aliphatic carbocycles. The number of hydrogen-bond acceptors (Lipinski definition) is 5. The van der Waals surface area contributed by atoms with Crippen molar-refractivity contribution >= 4 is 11.8 Å². The van der Waals surface area contributed by atoms with E-state index in [2.05, 4.69) is 16.9 Å². The van der Waals surface area contributed by atoms with E-state index < -0.39 is 12.1 Å². The van der Waals surface area contributed by atoms with E-state index in [9.17, 15) is 9.59 Å². The standard InChI is InChI=1S/C12H10N4O2/c13-5-7-6-14-15-10(7)16-11(17)8-3-1-2-4-9(8)12(16)18/h1-4,7,10,14-15H,6H2. The molecule has 0 saturated carbocycles. The Morgan fingerprint density at radius 2 is 1.83 bits per heavy atom. The number of fused-ring (bicyclic) bond motifs is 1. The van der Waals surface area contributed by atoms with Crippen LogP contribution in [0.25, 0.3) is 0 Å². The quantitative estimate of drug-likeness (QED) is 0.669. The van der Waals surface area contributed by atoms with Crippen LogP contribution in [0.4, 0.5) is 0 Å². The van der Waals surface area contributed by atoms with Crippen molar-refractivity contribution in [2.24, 2.45) is 5.92 Å². The average Bonchev–Trinajstić information content (AvgIpc) is 2.95. The van der Waals surface area contributed by atoms with Crippen molar-refractivity contribution in [3.05, 3.63) is 35.4 Å². The van der Waals surface area contributed by atoms with E-state index in [1.165, 1.54) is 0 Å². The maximum Gasteiger partial charge on any atom is 0.262 e. The van der Waals surface area contributed by atoms with Crippen LogP contribution in [0.3, 0.4) is 0 Å². The number of amides is 2. The molecule has 2 aliphatic heterocycles. The molecule has 2 atom stereocenters. The van der Waals surface area contributed by atoms with Crippen molar-refractivity contribution < 1.29 is 9.59 Å². The molecule has 1 saturated heterocycles. The minimum atomic E-state index is -0.609. The number of carbonyl (C=O) groups is 2. The van der Waals surface area contributed by atoms with Crippen LogP contribution in [-0.4, -0.2) is 29.4 Å². The molecular formula is C12H10N4O2. The minimum Gasteiger partial charge on any atom is -0.269 e. The molecular weight excluding hydrogens is 232 g/mol. The van der Waals surface area contributed by atoms with Crippen molar-refractivity contribution in [1.29, 1.82) is 5.26 Å². The summed E-state index contributed by atoms with van der Waals surface area (Å²) in [4.78, 5) is 25.5. The van der Waals surface area contributed by atoms with Crippen LogP contribution in [0.2, 0.25) is 0 Å². The molecule has 2 aliphatic rings. The van der Waals surface area contributed by atoms with Gasteiger partial charge in [-0.1, -0.05) is 12.1 Å². The second-order valence-corrected chi connectivity index (χ2v) is 4.23. The molecule has 0 bridgehead atoms. The Bertz CT molecular complexity index is 543. The highest BCUT2D eigenvalue weighted by atomic mass is 16.2. The fourth-order valence-electron chi connectivity index (χ4n) is 2.31. The third-order valence-corrected chi connectivity index (χ3v) is 3.22. The summed E-state index contributed by atoms with van der Waals surface area (Å²) in [5.74, 6) is -1.14. The third-order valence-electron chi connectivity index (χ3n) is 3.22. The van der Waals surface area contributed by atoms with Crippen molar-refractivity contribution in [3.8, 4) is 6.07 Å². The lowest BCUT2D eigenvalue weighted by Crippen LogP contribution is -2.49. The van der Waals surface area contributed by atoms with Gasteiger partial charge in [0.05, 0.1) is 23.1 Å². The second kappa shape index (κ2) is 3.91. The minimum absolute atomic E-state index is 0.350. The van der Waals surface area contributed by atoms with Gasteiger partial charge in [-0.25, -0.2) is 5.43 Å². The average molecular weight is 242 g/mol. The number of hydrogen-bond donors (Lipinski definition) is 2. The Hall–Kier alpha value is -2.23. The zero-order valence-electron chi connectivity index (χ0n) is 9.38. The molecule has 2 N–H and O–H groups in total. The highest BCUT2D eigenvalue weighted by molar-refractivity contribution is 6.21. The predicted molar refractivity (Wildman–Crippen MR) is 61.0 cm³/mol.